The first-order valence-corrected chi connectivity index (χ1v) is 6.63. The number of benzene rings is 1. The number of hydrogen-bond donors (Lipinski definition) is 0. The summed E-state index contributed by atoms with van der Waals surface area (Å²) in [5.74, 6) is -0.452. The topological polar surface area (TPSA) is 35.5 Å². The molecule has 3 nitrogen and oxygen atoms in total. The molecule has 1 aliphatic rings. The highest BCUT2D eigenvalue weighted by molar-refractivity contribution is 9.10. The Morgan fingerprint density at radius 3 is 3.06 bits per heavy atom. The average molecular weight is 338 g/mol. The van der Waals surface area contributed by atoms with Gasteiger partial charge in [-0.1, -0.05) is 11.6 Å². The molecule has 2 rings (SSSR count). The standard InChI is InChI=1S/C12H11BrClFO3/c13-8-3-9(14)10(15)4-12(8)18-6-11(16)7-1-2-17-5-7/h3-4,7H,1-2,5-6H2. The van der Waals surface area contributed by atoms with Crippen LogP contribution in [-0.2, 0) is 9.53 Å². The van der Waals surface area contributed by atoms with E-state index in [0.29, 0.717) is 17.7 Å². The fourth-order valence-electron chi connectivity index (χ4n) is 1.67. The zero-order valence-electron chi connectivity index (χ0n) is 9.42. The van der Waals surface area contributed by atoms with Gasteiger partial charge < -0.3 is 9.47 Å². The van der Waals surface area contributed by atoms with Gasteiger partial charge in [0.1, 0.15) is 18.2 Å². The van der Waals surface area contributed by atoms with E-state index >= 15 is 0 Å². The number of rotatable bonds is 4. The predicted octanol–water partition coefficient (Wildman–Crippen LogP) is 3.23. The number of hydrogen-bond acceptors (Lipinski definition) is 3. The summed E-state index contributed by atoms with van der Waals surface area (Å²) < 4.78 is 24.2. The summed E-state index contributed by atoms with van der Waals surface area (Å²) in [6, 6.07) is 2.56. The van der Waals surface area contributed by atoms with Gasteiger partial charge in [0.2, 0.25) is 0 Å². The molecular formula is C12H11BrClFO3. The fraction of sp³-hybridized carbons (Fsp3) is 0.417. The summed E-state index contributed by atoms with van der Waals surface area (Å²) in [5, 5.41) is 0.00439. The van der Waals surface area contributed by atoms with Crippen molar-refractivity contribution in [2.24, 2.45) is 5.92 Å². The van der Waals surface area contributed by atoms with Gasteiger partial charge in [-0.15, -0.1) is 0 Å². The van der Waals surface area contributed by atoms with E-state index in [1.807, 2.05) is 0 Å². The normalized spacial score (nSPS) is 18.9. The van der Waals surface area contributed by atoms with E-state index in [9.17, 15) is 9.18 Å². The minimum absolute atomic E-state index is 0.00439. The Hall–Kier alpha value is -0.650. The molecule has 6 heteroatoms. The molecule has 1 atom stereocenters. The highest BCUT2D eigenvalue weighted by Gasteiger charge is 2.24. The molecule has 1 heterocycles. The first-order valence-electron chi connectivity index (χ1n) is 5.45. The molecule has 0 aromatic heterocycles. The number of ketones is 1. The second-order valence-electron chi connectivity index (χ2n) is 4.01. The molecule has 1 aromatic rings. The molecule has 0 amide bonds. The molecule has 1 fully saturated rings. The summed E-state index contributed by atoms with van der Waals surface area (Å²) in [5.41, 5.74) is 0. The Labute approximate surface area is 117 Å². The first kappa shape index (κ1) is 13.8. The third-order valence-electron chi connectivity index (χ3n) is 2.73. The highest BCUT2D eigenvalue weighted by atomic mass is 79.9. The van der Waals surface area contributed by atoms with Crippen molar-refractivity contribution in [2.75, 3.05) is 19.8 Å². The van der Waals surface area contributed by atoms with Crippen LogP contribution in [0.15, 0.2) is 16.6 Å². The smallest absolute Gasteiger partial charge is 0.175 e. The third-order valence-corrected chi connectivity index (χ3v) is 3.64. The predicted molar refractivity (Wildman–Crippen MR) is 68.5 cm³/mol. The van der Waals surface area contributed by atoms with Gasteiger partial charge >= 0.3 is 0 Å². The second kappa shape index (κ2) is 5.99. The van der Waals surface area contributed by atoms with Crippen LogP contribution in [0.25, 0.3) is 0 Å². The maximum absolute atomic E-state index is 13.2. The number of halogens is 3. The van der Waals surface area contributed by atoms with E-state index in [2.05, 4.69) is 15.9 Å². The molecular weight excluding hydrogens is 326 g/mol. The summed E-state index contributed by atoms with van der Waals surface area (Å²) in [4.78, 5) is 11.7. The largest absolute Gasteiger partial charge is 0.485 e. The molecule has 0 aliphatic carbocycles. The van der Waals surface area contributed by atoms with Crippen LogP contribution in [0.4, 0.5) is 4.39 Å². The summed E-state index contributed by atoms with van der Waals surface area (Å²) in [6.45, 7) is 0.960. The zero-order valence-corrected chi connectivity index (χ0v) is 11.8. The van der Waals surface area contributed by atoms with Crippen LogP contribution in [0, 0.1) is 11.7 Å². The fourth-order valence-corrected chi connectivity index (χ4v) is 2.42. The van der Waals surface area contributed by atoms with Crippen molar-refractivity contribution in [3.63, 3.8) is 0 Å². The minimum Gasteiger partial charge on any atom is -0.485 e. The lowest BCUT2D eigenvalue weighted by molar-refractivity contribution is -0.124. The maximum Gasteiger partial charge on any atom is 0.175 e. The second-order valence-corrected chi connectivity index (χ2v) is 5.27. The van der Waals surface area contributed by atoms with E-state index in [1.165, 1.54) is 6.07 Å². The summed E-state index contributed by atoms with van der Waals surface area (Å²) >= 11 is 8.81. The van der Waals surface area contributed by atoms with Crippen LogP contribution in [0.3, 0.4) is 0 Å². The van der Waals surface area contributed by atoms with Crippen LogP contribution in [0.1, 0.15) is 6.42 Å². The van der Waals surface area contributed by atoms with Gasteiger partial charge in [0.25, 0.3) is 0 Å². The Bertz CT molecular complexity index is 461. The van der Waals surface area contributed by atoms with Crippen molar-refractivity contribution in [1.82, 2.24) is 0 Å². The van der Waals surface area contributed by atoms with Crippen molar-refractivity contribution in [3.05, 3.63) is 27.4 Å². The van der Waals surface area contributed by atoms with Crippen molar-refractivity contribution >= 4 is 33.3 Å². The van der Waals surface area contributed by atoms with Gasteiger partial charge in [0.05, 0.1) is 16.1 Å². The molecule has 0 saturated carbocycles. The average Bonchev–Trinajstić information content (AvgIpc) is 2.85. The number of Topliss-reactive ketones (excluding diaryl/α,β-unsaturated/α-hetero) is 1. The van der Waals surface area contributed by atoms with Crippen molar-refractivity contribution in [3.8, 4) is 5.75 Å². The van der Waals surface area contributed by atoms with Crippen LogP contribution in [0.5, 0.6) is 5.75 Å². The van der Waals surface area contributed by atoms with E-state index in [4.69, 9.17) is 21.1 Å². The lowest BCUT2D eigenvalue weighted by atomic mass is 10.0. The quantitative estimate of drug-likeness (QED) is 0.791. The lowest BCUT2D eigenvalue weighted by Gasteiger charge is -2.10. The molecule has 0 radical (unpaired) electrons. The SMILES string of the molecule is O=C(COc1cc(F)c(Cl)cc1Br)C1CCOC1. The molecule has 0 bridgehead atoms. The number of carbonyl (C=O) groups excluding carboxylic acids is 1. The molecule has 18 heavy (non-hydrogen) atoms. The molecule has 0 N–H and O–H groups in total. The van der Waals surface area contributed by atoms with E-state index in [1.54, 1.807) is 0 Å². The van der Waals surface area contributed by atoms with Crippen LogP contribution < -0.4 is 4.74 Å². The maximum atomic E-state index is 13.2. The Morgan fingerprint density at radius 1 is 1.61 bits per heavy atom. The lowest BCUT2D eigenvalue weighted by Crippen LogP contribution is -2.21. The Kier molecular flexibility index (Phi) is 4.59. The summed E-state index contributed by atoms with van der Waals surface area (Å²) in [6.07, 6.45) is 0.721. The van der Waals surface area contributed by atoms with Gasteiger partial charge in [-0.25, -0.2) is 4.39 Å². The van der Waals surface area contributed by atoms with Crippen LogP contribution in [-0.4, -0.2) is 25.6 Å². The Morgan fingerprint density at radius 2 is 2.39 bits per heavy atom. The molecule has 1 unspecified atom stereocenters. The molecule has 98 valence electrons. The Balaban J connectivity index is 1.97. The monoisotopic (exact) mass is 336 g/mol. The van der Waals surface area contributed by atoms with Gasteiger partial charge in [-0.2, -0.15) is 0 Å². The summed E-state index contributed by atoms with van der Waals surface area (Å²) in [7, 11) is 0. The number of ether oxygens (including phenoxy) is 2. The molecule has 1 aliphatic heterocycles. The van der Waals surface area contributed by atoms with Crippen molar-refractivity contribution in [2.45, 2.75) is 6.42 Å². The molecule has 1 saturated heterocycles. The van der Waals surface area contributed by atoms with Crippen LogP contribution in [0.2, 0.25) is 5.02 Å². The third kappa shape index (κ3) is 3.22. The first-order chi connectivity index (χ1) is 8.58. The van der Waals surface area contributed by atoms with Gasteiger partial charge in [0, 0.05) is 18.6 Å². The minimum atomic E-state index is -0.577. The number of carbonyl (C=O) groups is 1. The van der Waals surface area contributed by atoms with Gasteiger partial charge in [-0.3, -0.25) is 4.79 Å². The van der Waals surface area contributed by atoms with Gasteiger partial charge in [-0.05, 0) is 28.4 Å². The van der Waals surface area contributed by atoms with Crippen molar-refractivity contribution < 1.29 is 18.7 Å². The van der Waals surface area contributed by atoms with Crippen LogP contribution >= 0.6 is 27.5 Å². The highest BCUT2D eigenvalue weighted by Crippen LogP contribution is 2.30. The zero-order chi connectivity index (χ0) is 13.1. The molecule has 0 spiro atoms. The van der Waals surface area contributed by atoms with E-state index in [-0.39, 0.29) is 29.1 Å². The van der Waals surface area contributed by atoms with Gasteiger partial charge in [0.15, 0.2) is 5.78 Å². The van der Waals surface area contributed by atoms with E-state index in [0.717, 1.165) is 12.5 Å². The van der Waals surface area contributed by atoms with Crippen molar-refractivity contribution in [1.29, 1.82) is 0 Å². The van der Waals surface area contributed by atoms with E-state index < -0.39 is 5.82 Å². The molecule has 1 aromatic carbocycles.